The van der Waals surface area contributed by atoms with Gasteiger partial charge in [-0.15, -0.1) is 42.0 Å². The van der Waals surface area contributed by atoms with Gasteiger partial charge >= 0.3 is 0 Å². The zero-order valence-electron chi connectivity index (χ0n) is 36.1. The second kappa shape index (κ2) is 16.8. The Morgan fingerprint density at radius 2 is 1.53 bits per heavy atom. The van der Waals surface area contributed by atoms with Gasteiger partial charge in [0.25, 0.3) is 0 Å². The maximum atomic E-state index is 6.19. The number of aromatic nitrogens is 5. The second-order valence-electron chi connectivity index (χ2n) is 17.8. The van der Waals surface area contributed by atoms with Gasteiger partial charge in [-0.25, -0.2) is 0 Å². The van der Waals surface area contributed by atoms with Crippen LogP contribution in [0.2, 0.25) is 19.6 Å². The number of pyridine rings is 3. The van der Waals surface area contributed by atoms with Gasteiger partial charge in [-0.3, -0.25) is 9.97 Å². The molecule has 9 aromatic rings. The van der Waals surface area contributed by atoms with E-state index in [1.807, 2.05) is 44.3 Å². The van der Waals surface area contributed by atoms with Crippen LogP contribution in [0.5, 0.6) is 0 Å². The molecule has 0 N–H and O–H groups in total. The van der Waals surface area contributed by atoms with E-state index in [1.54, 1.807) is 0 Å². The van der Waals surface area contributed by atoms with Gasteiger partial charge < -0.3 is 19.0 Å². The van der Waals surface area contributed by atoms with Crippen molar-refractivity contribution in [2.24, 2.45) is 0 Å². The molecule has 6 nitrogen and oxygen atoms in total. The Balaban J connectivity index is 0.000000270. The smallest absolute Gasteiger partial charge is 0.141 e. The predicted molar refractivity (Wildman–Crippen MR) is 247 cm³/mol. The number of aryl methyl sites for hydroxylation is 2. The van der Waals surface area contributed by atoms with Crippen molar-refractivity contribution in [3.05, 3.63) is 156 Å². The summed E-state index contributed by atoms with van der Waals surface area (Å²) in [7, 11) is -1.23. The number of fused-ring (bicyclic) bond motifs is 4. The molecule has 1 radical (unpaired) electrons. The zero-order chi connectivity index (χ0) is 41.6. The molecule has 0 atom stereocenters. The maximum absolute atomic E-state index is 6.19. The molecule has 60 heavy (non-hydrogen) atoms. The molecule has 0 aliphatic heterocycles. The van der Waals surface area contributed by atoms with Crippen molar-refractivity contribution in [1.82, 2.24) is 24.5 Å². The molecule has 8 heteroatoms. The monoisotopic (exact) mass is 982 g/mol. The minimum Gasteiger partial charge on any atom is -0.483 e. The zero-order valence-corrected chi connectivity index (χ0v) is 39.5. The molecule has 4 aromatic carbocycles. The van der Waals surface area contributed by atoms with Crippen LogP contribution in [0.15, 0.2) is 126 Å². The van der Waals surface area contributed by atoms with Gasteiger partial charge in [-0.1, -0.05) is 120 Å². The Labute approximate surface area is 368 Å². The van der Waals surface area contributed by atoms with Crippen LogP contribution in [0.1, 0.15) is 63.1 Å². The maximum Gasteiger partial charge on any atom is 0.141 e. The first-order valence-electron chi connectivity index (χ1n) is 20.4. The molecule has 0 fully saturated rings. The molecular formula is C52H51IrN5OSi-2. The van der Waals surface area contributed by atoms with Gasteiger partial charge in [0.1, 0.15) is 11.3 Å². The summed E-state index contributed by atoms with van der Waals surface area (Å²) >= 11 is 0. The molecule has 5 aromatic heterocycles. The first-order chi connectivity index (χ1) is 28.2. The third kappa shape index (κ3) is 8.55. The predicted octanol–water partition coefficient (Wildman–Crippen LogP) is 13.0. The minimum absolute atomic E-state index is 0. The van der Waals surface area contributed by atoms with Crippen LogP contribution in [0.25, 0.3) is 72.6 Å². The SMILES string of the molecule is C[Si](C)(C)c1ccc(-c2[c-]cccc2)nc1.Cc1cc2c(nc(-c3[c-]nc4oc5cc(C(C)C)ccc5c4c3)n2-c2ccc(C(C)(C)C)cc2-c2ccccc2)c(C)n1.[Ir]. The molecule has 0 bridgehead atoms. The molecule has 0 spiro atoms. The quantitative estimate of drug-likeness (QED) is 0.123. The number of rotatable bonds is 6. The molecule has 0 aliphatic carbocycles. The summed E-state index contributed by atoms with van der Waals surface area (Å²) in [5, 5.41) is 3.39. The fraction of sp³-hybridized carbons (Fsp3) is 0.231. The normalized spacial score (nSPS) is 11.8. The summed E-state index contributed by atoms with van der Waals surface area (Å²) in [5.74, 6) is 1.19. The Bertz CT molecular complexity index is 2940. The third-order valence-electron chi connectivity index (χ3n) is 11.0. The molecule has 9 rings (SSSR count). The van der Waals surface area contributed by atoms with Crippen LogP contribution in [-0.4, -0.2) is 32.6 Å². The fourth-order valence-electron chi connectivity index (χ4n) is 7.50. The second-order valence-corrected chi connectivity index (χ2v) is 22.9. The average Bonchev–Trinajstić information content (AvgIpc) is 3.79. The Kier molecular flexibility index (Phi) is 12.0. The third-order valence-corrected chi connectivity index (χ3v) is 13.0. The fourth-order valence-corrected chi connectivity index (χ4v) is 8.54. The van der Waals surface area contributed by atoms with Gasteiger partial charge in [0.2, 0.25) is 0 Å². The van der Waals surface area contributed by atoms with Gasteiger partial charge in [0.05, 0.1) is 30.6 Å². The molecule has 0 amide bonds. The molecule has 5 heterocycles. The van der Waals surface area contributed by atoms with Crippen LogP contribution in [0, 0.1) is 26.1 Å². The van der Waals surface area contributed by atoms with Crippen molar-refractivity contribution >= 4 is 46.4 Å². The van der Waals surface area contributed by atoms with Gasteiger partial charge in [0.15, 0.2) is 0 Å². The summed E-state index contributed by atoms with van der Waals surface area (Å²) in [6.07, 6.45) is 5.29. The summed E-state index contributed by atoms with van der Waals surface area (Å²) < 4.78 is 8.44. The van der Waals surface area contributed by atoms with Crippen LogP contribution < -0.4 is 5.19 Å². The van der Waals surface area contributed by atoms with E-state index in [-0.39, 0.29) is 25.5 Å². The van der Waals surface area contributed by atoms with Crippen LogP contribution in [-0.2, 0) is 25.5 Å². The number of imidazole rings is 1. The molecule has 0 saturated carbocycles. The van der Waals surface area contributed by atoms with Crippen molar-refractivity contribution in [2.45, 2.75) is 79.4 Å². The largest absolute Gasteiger partial charge is 0.483 e. The van der Waals surface area contributed by atoms with E-state index in [2.05, 4.69) is 172 Å². The Morgan fingerprint density at radius 3 is 2.20 bits per heavy atom. The summed E-state index contributed by atoms with van der Waals surface area (Å²) in [5.41, 5.74) is 13.9. The number of benzene rings is 4. The number of furan rings is 1. The van der Waals surface area contributed by atoms with Crippen molar-refractivity contribution in [1.29, 1.82) is 0 Å². The van der Waals surface area contributed by atoms with E-state index in [1.165, 1.54) is 16.3 Å². The number of hydrogen-bond acceptors (Lipinski definition) is 5. The van der Waals surface area contributed by atoms with Crippen molar-refractivity contribution in [2.75, 3.05) is 0 Å². The van der Waals surface area contributed by atoms with Crippen LogP contribution in [0.3, 0.4) is 0 Å². The molecule has 0 saturated heterocycles. The van der Waals surface area contributed by atoms with Crippen LogP contribution in [0.4, 0.5) is 0 Å². The molecule has 0 unspecified atom stereocenters. The Hall–Kier alpha value is -5.53. The average molecular weight is 982 g/mol. The van der Waals surface area contributed by atoms with E-state index in [0.717, 1.165) is 78.2 Å². The summed E-state index contributed by atoms with van der Waals surface area (Å²) in [4.78, 5) is 19.2. The van der Waals surface area contributed by atoms with Gasteiger partial charge in [0, 0.05) is 48.6 Å². The van der Waals surface area contributed by atoms with Gasteiger partial charge in [-0.2, -0.15) is 0 Å². The van der Waals surface area contributed by atoms with E-state index in [4.69, 9.17) is 14.4 Å². The van der Waals surface area contributed by atoms with E-state index in [0.29, 0.717) is 11.6 Å². The molecular weight excluding hydrogens is 931 g/mol. The van der Waals surface area contributed by atoms with Crippen molar-refractivity contribution < 1.29 is 24.5 Å². The van der Waals surface area contributed by atoms with E-state index >= 15 is 0 Å². The standard InChI is InChI=1S/C38H35N4O.C14H16NSi.Ir/c1-22(2)26-13-15-29-31-18-27(21-39-37(31)43-34(29)19-26)36-41-35-24(4)40-23(3)17-33(35)42(36)32-16-14-28(38(5,6)7)20-30(32)25-11-9-8-10-12-25;1-16(2,3)13-9-10-14(15-11-13)12-7-5-4-6-8-12;/h8-20,22H,1-7H3;4-7,9-11H,1-3H3;/q2*-1;. The first-order valence-corrected chi connectivity index (χ1v) is 23.9. The Morgan fingerprint density at radius 1 is 0.767 bits per heavy atom. The number of nitrogens with zero attached hydrogens (tertiary/aromatic N) is 5. The van der Waals surface area contributed by atoms with E-state index < -0.39 is 8.07 Å². The first kappa shape index (κ1) is 42.6. The number of hydrogen-bond donors (Lipinski definition) is 0. The van der Waals surface area contributed by atoms with Crippen LogP contribution >= 0.6 is 0 Å². The van der Waals surface area contributed by atoms with Crippen molar-refractivity contribution in [3.8, 4) is 39.5 Å². The topological polar surface area (TPSA) is 69.6 Å². The minimum atomic E-state index is -1.23. The summed E-state index contributed by atoms with van der Waals surface area (Å²) in [6.45, 7) is 22.2. The van der Waals surface area contributed by atoms with Gasteiger partial charge in [-0.05, 0) is 88.6 Å². The van der Waals surface area contributed by atoms with Crippen molar-refractivity contribution in [3.63, 3.8) is 0 Å². The molecule has 305 valence electrons. The van der Waals surface area contributed by atoms with E-state index in [9.17, 15) is 0 Å². The summed E-state index contributed by atoms with van der Waals surface area (Å²) in [6, 6.07) is 43.5. The molecule has 0 aliphatic rings.